The molecule has 1 aliphatic carbocycles. The van der Waals surface area contributed by atoms with Gasteiger partial charge in [0.1, 0.15) is 36.6 Å². The van der Waals surface area contributed by atoms with Crippen molar-refractivity contribution >= 4 is 10.8 Å². The number of aliphatic hydroxyl groups is 4. The smallest absolute Gasteiger partial charge is 0.186 e. The molecule has 16 heteroatoms. The van der Waals surface area contributed by atoms with Crippen LogP contribution in [0.4, 0.5) is 0 Å². The first-order valence-electron chi connectivity index (χ1n) is 18.1. The van der Waals surface area contributed by atoms with Crippen LogP contribution in [0.5, 0.6) is 0 Å². The van der Waals surface area contributed by atoms with Gasteiger partial charge in [-0.1, -0.05) is 42.5 Å². The fourth-order valence-electron chi connectivity index (χ4n) is 7.75. The molecular formula is C35H57N7O9. The van der Waals surface area contributed by atoms with E-state index < -0.39 is 92.2 Å². The van der Waals surface area contributed by atoms with Gasteiger partial charge in [-0.05, 0) is 29.2 Å². The predicted molar refractivity (Wildman–Crippen MR) is 188 cm³/mol. The molecule has 0 unspecified atom stereocenters. The Morgan fingerprint density at radius 1 is 0.725 bits per heavy atom. The predicted octanol–water partition coefficient (Wildman–Crippen LogP) is -3.30. The highest BCUT2D eigenvalue weighted by molar-refractivity contribution is 5.85. The number of nitrogens with two attached hydrogens (primary N) is 5. The molecule has 51 heavy (non-hydrogen) atoms. The van der Waals surface area contributed by atoms with Crippen molar-refractivity contribution < 1.29 is 44.1 Å². The molecule has 286 valence electrons. The van der Waals surface area contributed by atoms with Crippen LogP contribution in [0.15, 0.2) is 42.5 Å². The summed E-state index contributed by atoms with van der Waals surface area (Å²) < 4.78 is 31.0. The van der Waals surface area contributed by atoms with Gasteiger partial charge in [0, 0.05) is 57.9 Å². The van der Waals surface area contributed by atoms with E-state index in [4.69, 9.17) is 52.4 Å². The van der Waals surface area contributed by atoms with Crippen LogP contribution >= 0.6 is 0 Å². The second kappa shape index (κ2) is 17.5. The second-order valence-electron chi connectivity index (χ2n) is 14.4. The SMILES string of the molecule is NC[C@H]1O[C@H](O[C@H]2[C@H](OCCN3CCN(Cc4cccc5ccccc45)CC3)[C@@H](O[C@H]3O[C@H](CO)[C@@H](O)[C@H](N)[C@H]3O)[C@H](N)C[C@@H]2N)[C@H](N)C[C@@H]1O. The molecule has 14 N–H and O–H groups in total. The molecule has 3 heterocycles. The van der Waals surface area contributed by atoms with E-state index in [1.165, 1.54) is 16.3 Å². The highest BCUT2D eigenvalue weighted by Crippen LogP contribution is 2.32. The number of hydrogen-bond donors (Lipinski definition) is 9. The van der Waals surface area contributed by atoms with Gasteiger partial charge in [-0.25, -0.2) is 0 Å². The fraction of sp³-hybridized carbons (Fsp3) is 0.714. The first-order chi connectivity index (χ1) is 24.6. The Morgan fingerprint density at radius 3 is 2.08 bits per heavy atom. The van der Waals surface area contributed by atoms with E-state index in [0.717, 1.165) is 32.7 Å². The summed E-state index contributed by atoms with van der Waals surface area (Å²) in [7, 11) is 0. The van der Waals surface area contributed by atoms with Crippen LogP contribution in [-0.4, -0.2) is 168 Å². The molecule has 0 amide bonds. The van der Waals surface area contributed by atoms with E-state index in [0.29, 0.717) is 13.2 Å². The van der Waals surface area contributed by atoms with Crippen molar-refractivity contribution in [1.82, 2.24) is 9.80 Å². The van der Waals surface area contributed by atoms with E-state index in [2.05, 4.69) is 52.3 Å². The van der Waals surface area contributed by atoms with Crippen LogP contribution in [0, 0.1) is 0 Å². The number of benzene rings is 2. The van der Waals surface area contributed by atoms with Gasteiger partial charge in [0.2, 0.25) is 0 Å². The summed E-state index contributed by atoms with van der Waals surface area (Å²) in [6.45, 7) is 4.85. The summed E-state index contributed by atoms with van der Waals surface area (Å²) in [4.78, 5) is 4.80. The maximum Gasteiger partial charge on any atom is 0.186 e. The van der Waals surface area contributed by atoms with Gasteiger partial charge in [-0.15, -0.1) is 0 Å². The summed E-state index contributed by atoms with van der Waals surface area (Å²) in [6.07, 6.45) is -9.65. The molecule has 1 saturated carbocycles. The molecule has 4 aliphatic rings. The summed E-state index contributed by atoms with van der Waals surface area (Å²) in [5.74, 6) is 0. The Kier molecular flexibility index (Phi) is 13.3. The molecule has 6 rings (SSSR count). The molecular weight excluding hydrogens is 662 g/mol. The van der Waals surface area contributed by atoms with Gasteiger partial charge in [0.05, 0.1) is 37.5 Å². The first kappa shape index (κ1) is 38.8. The Bertz CT molecular complexity index is 1380. The third kappa shape index (κ3) is 8.90. The lowest BCUT2D eigenvalue weighted by Crippen LogP contribution is -2.68. The van der Waals surface area contributed by atoms with Gasteiger partial charge >= 0.3 is 0 Å². The molecule has 3 aliphatic heterocycles. The Labute approximate surface area is 298 Å². The van der Waals surface area contributed by atoms with Crippen molar-refractivity contribution in [3.05, 3.63) is 48.0 Å². The topological polar surface area (TPSA) is 264 Å². The molecule has 0 spiro atoms. The van der Waals surface area contributed by atoms with Crippen molar-refractivity contribution in [2.75, 3.05) is 52.5 Å². The quantitative estimate of drug-likeness (QED) is 0.104. The number of aliphatic hydroxyl groups excluding tert-OH is 4. The number of nitrogens with zero attached hydrogens (tertiary/aromatic N) is 2. The van der Waals surface area contributed by atoms with Gasteiger partial charge < -0.3 is 72.8 Å². The van der Waals surface area contributed by atoms with Crippen LogP contribution < -0.4 is 28.7 Å². The van der Waals surface area contributed by atoms with Crippen molar-refractivity contribution in [1.29, 1.82) is 0 Å². The molecule has 3 saturated heterocycles. The number of hydrogen-bond acceptors (Lipinski definition) is 16. The number of piperazine rings is 1. The van der Waals surface area contributed by atoms with E-state index in [-0.39, 0.29) is 19.4 Å². The zero-order valence-corrected chi connectivity index (χ0v) is 29.0. The summed E-state index contributed by atoms with van der Waals surface area (Å²) >= 11 is 0. The molecule has 2 aromatic carbocycles. The average molecular weight is 720 g/mol. The number of rotatable bonds is 12. The van der Waals surface area contributed by atoms with Gasteiger partial charge in [-0.2, -0.15) is 0 Å². The molecule has 4 fully saturated rings. The summed E-state index contributed by atoms with van der Waals surface area (Å²) in [6, 6.07) is 11.8. The Hall–Kier alpha value is -1.94. The zero-order valence-electron chi connectivity index (χ0n) is 29.0. The van der Waals surface area contributed by atoms with Crippen molar-refractivity contribution in [3.8, 4) is 0 Å². The molecule has 2 aromatic rings. The number of fused-ring (bicyclic) bond motifs is 1. The number of ether oxygens (including phenoxy) is 5. The first-order valence-corrected chi connectivity index (χ1v) is 18.1. The molecule has 14 atom stereocenters. The summed E-state index contributed by atoms with van der Waals surface area (Å²) in [5.41, 5.74) is 32.9. The van der Waals surface area contributed by atoms with Crippen LogP contribution in [-0.2, 0) is 30.2 Å². The Balaban J connectivity index is 1.12. The van der Waals surface area contributed by atoms with E-state index >= 15 is 0 Å². The minimum Gasteiger partial charge on any atom is -0.394 e. The van der Waals surface area contributed by atoms with E-state index in [1.807, 2.05) is 0 Å². The lowest BCUT2D eigenvalue weighted by atomic mass is 9.84. The van der Waals surface area contributed by atoms with Gasteiger partial charge in [0.15, 0.2) is 12.6 Å². The van der Waals surface area contributed by atoms with Crippen LogP contribution in [0.25, 0.3) is 10.8 Å². The molecule has 16 nitrogen and oxygen atoms in total. The second-order valence-corrected chi connectivity index (χ2v) is 14.4. The largest absolute Gasteiger partial charge is 0.394 e. The molecule has 0 aromatic heterocycles. The van der Waals surface area contributed by atoms with Crippen molar-refractivity contribution in [2.45, 2.75) is 105 Å². The molecule has 0 radical (unpaired) electrons. The lowest BCUT2D eigenvalue weighted by Gasteiger charge is -2.49. The Morgan fingerprint density at radius 2 is 1.37 bits per heavy atom. The van der Waals surface area contributed by atoms with Crippen LogP contribution in [0.2, 0.25) is 0 Å². The third-order valence-electron chi connectivity index (χ3n) is 10.8. The van der Waals surface area contributed by atoms with Crippen molar-refractivity contribution in [2.24, 2.45) is 28.7 Å². The van der Waals surface area contributed by atoms with E-state index in [9.17, 15) is 20.4 Å². The normalized spacial score (nSPS) is 40.1. The minimum absolute atomic E-state index is 0.0746. The van der Waals surface area contributed by atoms with Crippen LogP contribution in [0.3, 0.4) is 0 Å². The third-order valence-corrected chi connectivity index (χ3v) is 10.8. The highest BCUT2D eigenvalue weighted by Gasteiger charge is 2.51. The van der Waals surface area contributed by atoms with Crippen molar-refractivity contribution in [3.63, 3.8) is 0 Å². The molecule has 0 bridgehead atoms. The lowest BCUT2D eigenvalue weighted by molar-refractivity contribution is -0.318. The van der Waals surface area contributed by atoms with Gasteiger partial charge in [-0.3, -0.25) is 9.80 Å². The monoisotopic (exact) mass is 719 g/mol. The fourth-order valence-corrected chi connectivity index (χ4v) is 7.75. The zero-order chi connectivity index (χ0) is 36.2. The average Bonchev–Trinajstić information content (AvgIpc) is 3.12. The van der Waals surface area contributed by atoms with Gasteiger partial charge in [0.25, 0.3) is 0 Å². The minimum atomic E-state index is -1.42. The summed E-state index contributed by atoms with van der Waals surface area (Å²) in [5, 5.41) is 44.0. The maximum absolute atomic E-state index is 10.9. The van der Waals surface area contributed by atoms with Crippen LogP contribution in [0.1, 0.15) is 18.4 Å². The standard InChI is InChI=1S/C35H57N7O9/c36-16-26-25(44)15-24(39)34(48-26)50-31-22(37)14-23(38)32(51-35-30(46)28(40)29(45)27(18-43)49-35)33(31)47-13-12-41-8-10-42(11-9-41)17-20-6-3-5-19-4-1-2-7-21(19)20/h1-7,22-35,43-46H,8-18,36-40H2/t22-,23+,24+,25-,26+,27+,28-,29+,30+,31+,32-,33-,34+,35+/m0/s1. The highest BCUT2D eigenvalue weighted by atomic mass is 16.7. The maximum atomic E-state index is 10.9. The van der Waals surface area contributed by atoms with E-state index in [1.54, 1.807) is 0 Å².